The van der Waals surface area contributed by atoms with Crippen LogP contribution in [0.3, 0.4) is 0 Å². The maximum absolute atomic E-state index is 12.8. The zero-order valence-electron chi connectivity index (χ0n) is 13.4. The average Bonchev–Trinajstić information content (AvgIpc) is 2.55. The Balaban J connectivity index is 2.03. The molecule has 1 aliphatic heterocycles. The highest BCUT2D eigenvalue weighted by atomic mass is 16.1. The largest absolute Gasteiger partial charge is 0.299 e. The van der Waals surface area contributed by atoms with Crippen molar-refractivity contribution < 1.29 is 4.79 Å². The summed E-state index contributed by atoms with van der Waals surface area (Å²) in [5, 5.41) is 0. The summed E-state index contributed by atoms with van der Waals surface area (Å²) in [6, 6.07) is 21.0. The zero-order chi connectivity index (χ0) is 15.7. The number of rotatable bonds is 2. The monoisotopic (exact) mass is 293 g/mol. The third kappa shape index (κ3) is 2.48. The van der Waals surface area contributed by atoms with Crippen molar-refractivity contribution in [2.75, 3.05) is 7.05 Å². The molecule has 3 rings (SSSR count). The number of benzene rings is 2. The van der Waals surface area contributed by atoms with E-state index in [1.807, 2.05) is 12.1 Å². The molecule has 2 nitrogen and oxygen atoms in total. The van der Waals surface area contributed by atoms with E-state index in [1.54, 1.807) is 0 Å². The molecular weight excluding hydrogens is 270 g/mol. The first kappa shape index (κ1) is 15.0. The van der Waals surface area contributed by atoms with Crippen LogP contribution in [0.15, 0.2) is 60.7 Å². The smallest absolute Gasteiger partial charge is 0.142 e. The van der Waals surface area contributed by atoms with E-state index in [2.05, 4.69) is 74.3 Å². The molecule has 1 heterocycles. The van der Waals surface area contributed by atoms with Crippen LogP contribution in [0.25, 0.3) is 0 Å². The molecule has 1 saturated heterocycles. The molecule has 22 heavy (non-hydrogen) atoms. The quantitative estimate of drug-likeness (QED) is 0.824. The van der Waals surface area contributed by atoms with Crippen LogP contribution < -0.4 is 0 Å². The first-order valence-electron chi connectivity index (χ1n) is 7.97. The van der Waals surface area contributed by atoms with Crippen LogP contribution in [-0.4, -0.2) is 17.7 Å². The molecule has 1 fully saturated rings. The Morgan fingerprint density at radius 1 is 0.727 bits per heavy atom. The highest BCUT2D eigenvalue weighted by Gasteiger charge is 2.43. The highest BCUT2D eigenvalue weighted by molar-refractivity contribution is 5.85. The number of nitrogens with zero attached hydrogens (tertiary/aromatic N) is 1. The van der Waals surface area contributed by atoms with Crippen molar-refractivity contribution in [1.82, 2.24) is 4.90 Å². The second kappa shape index (κ2) is 6.05. The third-order valence-corrected chi connectivity index (χ3v) is 5.00. The molecule has 2 aromatic rings. The van der Waals surface area contributed by atoms with E-state index in [1.165, 1.54) is 11.1 Å². The van der Waals surface area contributed by atoms with E-state index < -0.39 is 0 Å². The summed E-state index contributed by atoms with van der Waals surface area (Å²) in [5.41, 5.74) is 2.44. The Bertz CT molecular complexity index is 582. The molecule has 2 aromatic carbocycles. The van der Waals surface area contributed by atoms with E-state index in [9.17, 15) is 4.79 Å². The van der Waals surface area contributed by atoms with Gasteiger partial charge in [-0.05, 0) is 18.2 Å². The molecule has 2 heteroatoms. The number of likely N-dealkylation sites (tertiary alicyclic amines) is 1. The molecule has 114 valence electrons. The van der Waals surface area contributed by atoms with E-state index in [0.717, 1.165) is 0 Å². The number of carbonyl (C=O) groups excluding carboxylic acids is 1. The van der Waals surface area contributed by atoms with Crippen LogP contribution in [0.1, 0.15) is 37.1 Å². The third-order valence-electron chi connectivity index (χ3n) is 5.00. The molecular formula is C20H23NO. The van der Waals surface area contributed by atoms with Crippen LogP contribution in [-0.2, 0) is 4.79 Å². The SMILES string of the molecule is C[C@@H]1C(=O)[C@@H](C)[C@@H](c2ccccc2)N(C)[C@@H]1c1ccccc1. The molecule has 4 atom stereocenters. The number of hydrogen-bond donors (Lipinski definition) is 0. The summed E-state index contributed by atoms with van der Waals surface area (Å²) >= 11 is 0. The Labute approximate surface area is 132 Å². The normalized spacial score (nSPS) is 29.5. The molecule has 0 bridgehead atoms. The van der Waals surface area contributed by atoms with Gasteiger partial charge in [0.15, 0.2) is 0 Å². The van der Waals surface area contributed by atoms with E-state index in [0.29, 0.717) is 5.78 Å². The van der Waals surface area contributed by atoms with Gasteiger partial charge in [-0.25, -0.2) is 0 Å². The molecule has 0 aliphatic carbocycles. The molecule has 0 aromatic heterocycles. The van der Waals surface area contributed by atoms with Gasteiger partial charge in [0.1, 0.15) is 5.78 Å². The van der Waals surface area contributed by atoms with Gasteiger partial charge in [0.25, 0.3) is 0 Å². The van der Waals surface area contributed by atoms with Crippen LogP contribution in [0.5, 0.6) is 0 Å². The fourth-order valence-electron chi connectivity index (χ4n) is 3.95. The van der Waals surface area contributed by atoms with Crippen molar-refractivity contribution >= 4 is 5.78 Å². The molecule has 0 saturated carbocycles. The van der Waals surface area contributed by atoms with E-state index in [-0.39, 0.29) is 23.9 Å². The van der Waals surface area contributed by atoms with Gasteiger partial charge in [0, 0.05) is 23.9 Å². The summed E-state index contributed by atoms with van der Waals surface area (Å²) in [4.78, 5) is 15.2. The van der Waals surface area contributed by atoms with Gasteiger partial charge >= 0.3 is 0 Å². The Kier molecular flexibility index (Phi) is 4.12. The Hall–Kier alpha value is -1.93. The summed E-state index contributed by atoms with van der Waals surface area (Å²) < 4.78 is 0. The molecule has 0 radical (unpaired) electrons. The lowest BCUT2D eigenvalue weighted by atomic mass is 9.75. The summed E-state index contributed by atoms with van der Waals surface area (Å²) in [7, 11) is 2.15. The standard InChI is InChI=1S/C20H23NO/c1-14-18(16-10-6-4-7-11-16)21(3)19(15(2)20(14)22)17-12-8-5-9-13-17/h4-15,18-19H,1-3H3/t14-,15-,18-,19-/m0/s1. The van der Waals surface area contributed by atoms with E-state index in [4.69, 9.17) is 0 Å². The maximum Gasteiger partial charge on any atom is 0.142 e. The Morgan fingerprint density at radius 2 is 1.09 bits per heavy atom. The second-order valence-corrected chi connectivity index (χ2v) is 6.36. The van der Waals surface area contributed by atoms with Crippen molar-refractivity contribution in [3.8, 4) is 0 Å². The maximum atomic E-state index is 12.8. The summed E-state index contributed by atoms with van der Waals surface area (Å²) in [5.74, 6) is 0.394. The van der Waals surface area contributed by atoms with Crippen LogP contribution in [0.4, 0.5) is 0 Å². The summed E-state index contributed by atoms with van der Waals surface area (Å²) in [6.07, 6.45) is 0. The number of piperidine rings is 1. The lowest BCUT2D eigenvalue weighted by Gasteiger charge is -2.46. The van der Waals surface area contributed by atoms with Crippen molar-refractivity contribution in [2.45, 2.75) is 25.9 Å². The first-order chi connectivity index (χ1) is 10.6. The van der Waals surface area contributed by atoms with Crippen molar-refractivity contribution in [3.05, 3.63) is 71.8 Å². The second-order valence-electron chi connectivity index (χ2n) is 6.36. The van der Waals surface area contributed by atoms with Gasteiger partial charge < -0.3 is 0 Å². The number of Topliss-reactive ketones (excluding diaryl/α,β-unsaturated/α-hetero) is 1. The van der Waals surface area contributed by atoms with Crippen molar-refractivity contribution in [2.24, 2.45) is 11.8 Å². The number of hydrogen-bond acceptors (Lipinski definition) is 2. The van der Waals surface area contributed by atoms with Crippen molar-refractivity contribution in [3.63, 3.8) is 0 Å². The zero-order valence-corrected chi connectivity index (χ0v) is 13.4. The predicted octanol–water partition coefficient (Wildman–Crippen LogP) is 4.26. The lowest BCUT2D eigenvalue weighted by Crippen LogP contribution is -2.47. The molecule has 0 N–H and O–H groups in total. The summed E-state index contributed by atoms with van der Waals surface area (Å²) in [6.45, 7) is 4.13. The van der Waals surface area contributed by atoms with Crippen LogP contribution in [0, 0.1) is 11.8 Å². The molecule has 1 aliphatic rings. The van der Waals surface area contributed by atoms with Crippen LogP contribution >= 0.6 is 0 Å². The van der Waals surface area contributed by atoms with Crippen LogP contribution in [0.2, 0.25) is 0 Å². The minimum atomic E-state index is 0.0161. The number of ketones is 1. The van der Waals surface area contributed by atoms with Gasteiger partial charge in [-0.2, -0.15) is 0 Å². The molecule has 0 spiro atoms. The van der Waals surface area contributed by atoms with Crippen molar-refractivity contribution in [1.29, 1.82) is 0 Å². The molecule has 0 unspecified atom stereocenters. The predicted molar refractivity (Wildman–Crippen MR) is 89.5 cm³/mol. The van der Waals surface area contributed by atoms with Gasteiger partial charge in [0.05, 0.1) is 0 Å². The average molecular weight is 293 g/mol. The minimum absolute atomic E-state index is 0.0161. The van der Waals surface area contributed by atoms with Gasteiger partial charge in [-0.15, -0.1) is 0 Å². The highest BCUT2D eigenvalue weighted by Crippen LogP contribution is 2.44. The molecule has 0 amide bonds. The minimum Gasteiger partial charge on any atom is -0.299 e. The Morgan fingerprint density at radius 3 is 1.45 bits per heavy atom. The topological polar surface area (TPSA) is 20.3 Å². The van der Waals surface area contributed by atoms with Gasteiger partial charge in [-0.1, -0.05) is 74.5 Å². The van der Waals surface area contributed by atoms with E-state index >= 15 is 0 Å². The van der Waals surface area contributed by atoms with Gasteiger partial charge in [-0.3, -0.25) is 9.69 Å². The fraction of sp³-hybridized carbons (Fsp3) is 0.350. The first-order valence-corrected chi connectivity index (χ1v) is 7.97. The number of carbonyl (C=O) groups is 1. The lowest BCUT2D eigenvalue weighted by molar-refractivity contribution is -0.136. The van der Waals surface area contributed by atoms with Gasteiger partial charge in [0.2, 0.25) is 0 Å². The fourth-order valence-corrected chi connectivity index (χ4v) is 3.95.